The molecule has 1 aromatic heterocycles. The molecule has 0 amide bonds. The number of benzene rings is 1. The van der Waals surface area contributed by atoms with Gasteiger partial charge in [0, 0.05) is 5.56 Å². The molecule has 0 bridgehead atoms. The zero-order chi connectivity index (χ0) is 15.6. The van der Waals surface area contributed by atoms with Gasteiger partial charge in [-0.3, -0.25) is 0 Å². The molecular formula is C16H23N3O2. The lowest BCUT2D eigenvalue weighted by atomic mass is 9.91. The molecule has 0 spiro atoms. The summed E-state index contributed by atoms with van der Waals surface area (Å²) in [6.07, 6.45) is 0. The van der Waals surface area contributed by atoms with Gasteiger partial charge in [-0.2, -0.15) is 4.98 Å². The van der Waals surface area contributed by atoms with Gasteiger partial charge in [0.2, 0.25) is 11.7 Å². The van der Waals surface area contributed by atoms with Crippen molar-refractivity contribution in [3.63, 3.8) is 0 Å². The maximum atomic E-state index is 5.63. The molecule has 0 atom stereocenters. The van der Waals surface area contributed by atoms with Gasteiger partial charge >= 0.3 is 0 Å². The SMILES string of the molecule is COc1c(C(C)C)cc(-c2noc(CN)n2)cc1C(C)C. The number of ether oxygens (including phenoxy) is 1. The molecule has 0 aliphatic carbocycles. The first kappa shape index (κ1) is 15.5. The lowest BCUT2D eigenvalue weighted by Gasteiger charge is -2.19. The molecule has 0 aliphatic rings. The first-order valence-corrected chi connectivity index (χ1v) is 7.22. The van der Waals surface area contributed by atoms with Crippen molar-refractivity contribution in [1.29, 1.82) is 0 Å². The largest absolute Gasteiger partial charge is 0.496 e. The van der Waals surface area contributed by atoms with E-state index in [1.807, 2.05) is 0 Å². The number of rotatable bonds is 5. The Balaban J connectivity index is 2.61. The molecule has 5 nitrogen and oxygen atoms in total. The Hall–Kier alpha value is -1.88. The normalized spacial score (nSPS) is 11.4. The summed E-state index contributed by atoms with van der Waals surface area (Å²) in [4.78, 5) is 4.31. The number of hydrogen-bond donors (Lipinski definition) is 1. The summed E-state index contributed by atoms with van der Waals surface area (Å²) >= 11 is 0. The van der Waals surface area contributed by atoms with Gasteiger partial charge in [-0.25, -0.2) is 0 Å². The van der Waals surface area contributed by atoms with E-state index >= 15 is 0 Å². The van der Waals surface area contributed by atoms with Gasteiger partial charge in [0.15, 0.2) is 0 Å². The van der Waals surface area contributed by atoms with E-state index in [2.05, 4.69) is 50.0 Å². The second-order valence-corrected chi connectivity index (χ2v) is 5.71. The molecule has 1 heterocycles. The van der Waals surface area contributed by atoms with Crippen LogP contribution in [0.1, 0.15) is 56.5 Å². The maximum absolute atomic E-state index is 5.63. The summed E-state index contributed by atoms with van der Waals surface area (Å²) in [5.41, 5.74) is 8.77. The van der Waals surface area contributed by atoms with E-state index in [1.165, 1.54) is 0 Å². The molecular weight excluding hydrogens is 266 g/mol. The highest BCUT2D eigenvalue weighted by Gasteiger charge is 2.19. The molecule has 114 valence electrons. The smallest absolute Gasteiger partial charge is 0.240 e. The van der Waals surface area contributed by atoms with E-state index in [1.54, 1.807) is 7.11 Å². The summed E-state index contributed by atoms with van der Waals surface area (Å²) in [6, 6.07) is 4.14. The fourth-order valence-corrected chi connectivity index (χ4v) is 2.35. The molecule has 2 N–H and O–H groups in total. The van der Waals surface area contributed by atoms with Gasteiger partial charge in [0.05, 0.1) is 13.7 Å². The quantitative estimate of drug-likeness (QED) is 0.912. The summed E-state index contributed by atoms with van der Waals surface area (Å²) in [6.45, 7) is 8.83. The van der Waals surface area contributed by atoms with Gasteiger partial charge in [-0.1, -0.05) is 32.9 Å². The summed E-state index contributed by atoms with van der Waals surface area (Å²) in [5.74, 6) is 2.66. The van der Waals surface area contributed by atoms with Crippen LogP contribution in [0.4, 0.5) is 0 Å². The Labute approximate surface area is 125 Å². The predicted molar refractivity (Wildman–Crippen MR) is 82.4 cm³/mol. The minimum absolute atomic E-state index is 0.247. The van der Waals surface area contributed by atoms with Crippen molar-refractivity contribution in [2.45, 2.75) is 46.1 Å². The van der Waals surface area contributed by atoms with Crippen LogP contribution in [0.15, 0.2) is 16.7 Å². The minimum Gasteiger partial charge on any atom is -0.496 e. The van der Waals surface area contributed by atoms with Crippen molar-refractivity contribution >= 4 is 0 Å². The molecule has 2 rings (SSSR count). The summed E-state index contributed by atoms with van der Waals surface area (Å²) in [7, 11) is 1.72. The van der Waals surface area contributed by atoms with Crippen LogP contribution in [-0.2, 0) is 6.54 Å². The van der Waals surface area contributed by atoms with E-state index in [0.29, 0.717) is 23.6 Å². The summed E-state index contributed by atoms with van der Waals surface area (Å²) in [5, 5.41) is 4.01. The monoisotopic (exact) mass is 289 g/mol. The second-order valence-electron chi connectivity index (χ2n) is 5.71. The third kappa shape index (κ3) is 3.08. The highest BCUT2D eigenvalue weighted by Crippen LogP contribution is 2.37. The van der Waals surface area contributed by atoms with Crippen molar-refractivity contribution in [3.05, 3.63) is 29.2 Å². The van der Waals surface area contributed by atoms with Crippen molar-refractivity contribution in [2.75, 3.05) is 7.11 Å². The van der Waals surface area contributed by atoms with Gasteiger partial charge in [0.1, 0.15) is 5.75 Å². The zero-order valence-corrected chi connectivity index (χ0v) is 13.3. The van der Waals surface area contributed by atoms with Crippen LogP contribution < -0.4 is 10.5 Å². The van der Waals surface area contributed by atoms with E-state index in [-0.39, 0.29) is 6.54 Å². The maximum Gasteiger partial charge on any atom is 0.240 e. The first-order chi connectivity index (χ1) is 9.97. The van der Waals surface area contributed by atoms with Crippen molar-refractivity contribution in [1.82, 2.24) is 10.1 Å². The highest BCUT2D eigenvalue weighted by molar-refractivity contribution is 5.62. The molecule has 0 unspecified atom stereocenters. The average molecular weight is 289 g/mol. The minimum atomic E-state index is 0.247. The number of nitrogens with zero attached hydrogens (tertiary/aromatic N) is 2. The van der Waals surface area contributed by atoms with Crippen LogP contribution in [-0.4, -0.2) is 17.3 Å². The van der Waals surface area contributed by atoms with Crippen molar-refractivity contribution in [3.8, 4) is 17.1 Å². The third-order valence-electron chi connectivity index (χ3n) is 3.50. The zero-order valence-electron chi connectivity index (χ0n) is 13.3. The van der Waals surface area contributed by atoms with Crippen LogP contribution in [0.3, 0.4) is 0 Å². The van der Waals surface area contributed by atoms with Gasteiger partial charge in [-0.05, 0) is 35.1 Å². The third-order valence-corrected chi connectivity index (χ3v) is 3.50. The predicted octanol–water partition coefficient (Wildman–Crippen LogP) is 3.45. The Kier molecular flexibility index (Phi) is 4.63. The van der Waals surface area contributed by atoms with Crippen LogP contribution in [0.5, 0.6) is 5.75 Å². The molecule has 0 saturated heterocycles. The molecule has 0 fully saturated rings. The Bertz CT molecular complexity index is 589. The Morgan fingerprint density at radius 3 is 2.10 bits per heavy atom. The van der Waals surface area contributed by atoms with E-state index < -0.39 is 0 Å². The number of methoxy groups -OCH3 is 1. The van der Waals surface area contributed by atoms with Crippen LogP contribution in [0.2, 0.25) is 0 Å². The average Bonchev–Trinajstić information content (AvgIpc) is 2.94. The lowest BCUT2D eigenvalue weighted by molar-refractivity contribution is 0.380. The Morgan fingerprint density at radius 1 is 1.14 bits per heavy atom. The van der Waals surface area contributed by atoms with Gasteiger partial charge in [-0.15, -0.1) is 0 Å². The summed E-state index contributed by atoms with van der Waals surface area (Å²) < 4.78 is 10.7. The fourth-order valence-electron chi connectivity index (χ4n) is 2.35. The highest BCUT2D eigenvalue weighted by atomic mass is 16.5. The van der Waals surface area contributed by atoms with Crippen molar-refractivity contribution in [2.24, 2.45) is 5.73 Å². The number of aromatic nitrogens is 2. The molecule has 5 heteroatoms. The fraction of sp³-hybridized carbons (Fsp3) is 0.500. The standard InChI is InChI=1S/C16H23N3O2/c1-9(2)12-6-11(16-18-14(8-17)21-19-16)7-13(10(3)4)15(12)20-5/h6-7,9-10H,8,17H2,1-5H3. The second kappa shape index (κ2) is 6.26. The molecule has 1 aromatic carbocycles. The van der Waals surface area contributed by atoms with Crippen LogP contribution in [0, 0.1) is 0 Å². The molecule has 21 heavy (non-hydrogen) atoms. The van der Waals surface area contributed by atoms with Crippen molar-refractivity contribution < 1.29 is 9.26 Å². The Morgan fingerprint density at radius 2 is 1.71 bits per heavy atom. The van der Waals surface area contributed by atoms with Crippen LogP contribution in [0.25, 0.3) is 11.4 Å². The topological polar surface area (TPSA) is 74.2 Å². The number of nitrogens with two attached hydrogens (primary N) is 1. The molecule has 0 radical (unpaired) electrons. The van der Waals surface area contributed by atoms with Gasteiger partial charge < -0.3 is 15.0 Å². The lowest BCUT2D eigenvalue weighted by Crippen LogP contribution is -2.02. The number of hydrogen-bond acceptors (Lipinski definition) is 5. The van der Waals surface area contributed by atoms with Crippen LogP contribution >= 0.6 is 0 Å². The van der Waals surface area contributed by atoms with E-state index in [4.69, 9.17) is 15.0 Å². The van der Waals surface area contributed by atoms with E-state index in [0.717, 1.165) is 22.4 Å². The molecule has 0 aliphatic heterocycles. The van der Waals surface area contributed by atoms with Gasteiger partial charge in [0.25, 0.3) is 0 Å². The first-order valence-electron chi connectivity index (χ1n) is 7.22. The molecule has 2 aromatic rings. The van der Waals surface area contributed by atoms with E-state index in [9.17, 15) is 0 Å². The molecule has 0 saturated carbocycles.